The zero-order chi connectivity index (χ0) is 19.3. The molecule has 0 aliphatic carbocycles. The van der Waals surface area contributed by atoms with Crippen molar-refractivity contribution >= 4 is 11.9 Å². The topological polar surface area (TPSA) is 55.8 Å². The quantitative estimate of drug-likeness (QED) is 0.729. The molecule has 5 nitrogen and oxygen atoms in total. The third-order valence-electron chi connectivity index (χ3n) is 4.83. The SMILES string of the molecule is COC(=O)C(C)CN(CC1CCCO1)C(=O)c1ccc(C(C)(C)C)cc1. The Balaban J connectivity index is 2.16. The van der Waals surface area contributed by atoms with Crippen LogP contribution in [0.2, 0.25) is 0 Å². The minimum atomic E-state index is -0.376. The first-order valence-electron chi connectivity index (χ1n) is 9.31. The van der Waals surface area contributed by atoms with Gasteiger partial charge in [-0.05, 0) is 36.0 Å². The minimum absolute atomic E-state index is 0.0395. The second-order valence-corrected chi connectivity index (χ2v) is 8.10. The van der Waals surface area contributed by atoms with Gasteiger partial charge in [0.15, 0.2) is 0 Å². The molecule has 2 atom stereocenters. The Morgan fingerprint density at radius 3 is 2.42 bits per heavy atom. The second kappa shape index (κ2) is 8.67. The van der Waals surface area contributed by atoms with Gasteiger partial charge in [-0.3, -0.25) is 9.59 Å². The Labute approximate surface area is 156 Å². The lowest BCUT2D eigenvalue weighted by Crippen LogP contribution is -2.41. The van der Waals surface area contributed by atoms with Crippen molar-refractivity contribution in [1.29, 1.82) is 0 Å². The smallest absolute Gasteiger partial charge is 0.310 e. The van der Waals surface area contributed by atoms with Gasteiger partial charge in [-0.25, -0.2) is 0 Å². The lowest BCUT2D eigenvalue weighted by atomic mass is 9.86. The molecule has 1 aliphatic heterocycles. The number of carbonyl (C=O) groups is 2. The summed E-state index contributed by atoms with van der Waals surface area (Å²) < 4.78 is 10.5. The minimum Gasteiger partial charge on any atom is -0.469 e. The Bertz CT molecular complexity index is 612. The predicted octanol–water partition coefficient (Wildman–Crippen LogP) is 3.41. The van der Waals surface area contributed by atoms with Crippen molar-refractivity contribution in [2.75, 3.05) is 26.8 Å². The van der Waals surface area contributed by atoms with Crippen LogP contribution in [0.15, 0.2) is 24.3 Å². The maximum absolute atomic E-state index is 13.1. The van der Waals surface area contributed by atoms with Crippen LogP contribution < -0.4 is 0 Å². The van der Waals surface area contributed by atoms with Gasteiger partial charge >= 0.3 is 5.97 Å². The molecule has 1 amide bonds. The number of hydrogen-bond acceptors (Lipinski definition) is 4. The molecule has 26 heavy (non-hydrogen) atoms. The van der Waals surface area contributed by atoms with E-state index in [-0.39, 0.29) is 29.3 Å². The van der Waals surface area contributed by atoms with E-state index >= 15 is 0 Å². The Morgan fingerprint density at radius 2 is 1.92 bits per heavy atom. The highest BCUT2D eigenvalue weighted by Crippen LogP contribution is 2.23. The average Bonchev–Trinajstić information content (AvgIpc) is 3.12. The summed E-state index contributed by atoms with van der Waals surface area (Å²) in [7, 11) is 1.37. The third kappa shape index (κ3) is 5.31. The number of nitrogens with zero attached hydrogens (tertiary/aromatic N) is 1. The first kappa shape index (κ1) is 20.4. The van der Waals surface area contributed by atoms with E-state index < -0.39 is 0 Å². The molecule has 1 heterocycles. The summed E-state index contributed by atoms with van der Waals surface area (Å²) in [4.78, 5) is 26.6. The van der Waals surface area contributed by atoms with Crippen molar-refractivity contribution in [2.24, 2.45) is 5.92 Å². The van der Waals surface area contributed by atoms with E-state index in [4.69, 9.17) is 9.47 Å². The van der Waals surface area contributed by atoms with Crippen LogP contribution in [0.3, 0.4) is 0 Å². The number of ether oxygens (including phenoxy) is 2. The predicted molar refractivity (Wildman–Crippen MR) is 101 cm³/mol. The molecule has 2 unspecified atom stereocenters. The van der Waals surface area contributed by atoms with E-state index in [1.807, 2.05) is 24.3 Å². The van der Waals surface area contributed by atoms with Gasteiger partial charge in [-0.2, -0.15) is 0 Å². The fourth-order valence-electron chi connectivity index (χ4n) is 3.18. The van der Waals surface area contributed by atoms with Crippen LogP contribution in [0.5, 0.6) is 0 Å². The summed E-state index contributed by atoms with van der Waals surface area (Å²) in [5.74, 6) is -0.755. The zero-order valence-electron chi connectivity index (χ0n) is 16.6. The molecule has 5 heteroatoms. The number of benzene rings is 1. The molecule has 144 valence electrons. The average molecular weight is 361 g/mol. The van der Waals surface area contributed by atoms with Crippen molar-refractivity contribution in [3.05, 3.63) is 35.4 Å². The fraction of sp³-hybridized carbons (Fsp3) is 0.619. The first-order chi connectivity index (χ1) is 12.2. The van der Waals surface area contributed by atoms with Crippen molar-refractivity contribution in [1.82, 2.24) is 4.90 Å². The molecule has 0 bridgehead atoms. The van der Waals surface area contributed by atoms with E-state index in [9.17, 15) is 9.59 Å². The van der Waals surface area contributed by atoms with E-state index in [2.05, 4.69) is 20.8 Å². The van der Waals surface area contributed by atoms with Crippen LogP contribution in [0.25, 0.3) is 0 Å². The summed E-state index contributed by atoms with van der Waals surface area (Å²) in [6, 6.07) is 7.74. The first-order valence-corrected chi connectivity index (χ1v) is 9.31. The molecule has 0 aromatic heterocycles. The summed E-state index contributed by atoms with van der Waals surface area (Å²) in [6.45, 7) is 9.78. The van der Waals surface area contributed by atoms with Gasteiger partial charge in [0.2, 0.25) is 0 Å². The van der Waals surface area contributed by atoms with E-state index in [0.29, 0.717) is 18.7 Å². The Morgan fingerprint density at radius 1 is 1.27 bits per heavy atom. The lowest BCUT2D eigenvalue weighted by Gasteiger charge is -2.28. The summed E-state index contributed by atoms with van der Waals surface area (Å²) in [5, 5.41) is 0. The Kier molecular flexibility index (Phi) is 6.81. The number of amides is 1. The van der Waals surface area contributed by atoms with Crippen molar-refractivity contribution in [3.63, 3.8) is 0 Å². The molecule has 1 aliphatic rings. The highest BCUT2D eigenvalue weighted by Gasteiger charge is 2.27. The van der Waals surface area contributed by atoms with Gasteiger partial charge in [0.25, 0.3) is 5.91 Å². The molecule has 1 saturated heterocycles. The van der Waals surface area contributed by atoms with Crippen LogP contribution in [0.1, 0.15) is 56.5 Å². The van der Waals surface area contributed by atoms with Gasteiger partial charge in [-0.15, -0.1) is 0 Å². The normalized spacial score (nSPS) is 18.4. The molecule has 0 N–H and O–H groups in total. The third-order valence-corrected chi connectivity index (χ3v) is 4.83. The Hall–Kier alpha value is -1.88. The van der Waals surface area contributed by atoms with Gasteiger partial charge < -0.3 is 14.4 Å². The number of methoxy groups -OCH3 is 1. The standard InChI is InChI=1S/C21H31NO4/c1-15(20(24)25-5)13-22(14-18-7-6-12-26-18)19(23)16-8-10-17(11-9-16)21(2,3)4/h8-11,15,18H,6-7,12-14H2,1-5H3. The maximum Gasteiger partial charge on any atom is 0.310 e. The van der Waals surface area contributed by atoms with Gasteiger partial charge in [-0.1, -0.05) is 39.8 Å². The highest BCUT2D eigenvalue weighted by atomic mass is 16.5. The van der Waals surface area contributed by atoms with Crippen molar-refractivity contribution < 1.29 is 19.1 Å². The monoisotopic (exact) mass is 361 g/mol. The molecule has 2 rings (SSSR count). The molecule has 1 aromatic carbocycles. The number of carbonyl (C=O) groups excluding carboxylic acids is 2. The van der Waals surface area contributed by atoms with Crippen LogP contribution in [-0.4, -0.2) is 49.7 Å². The second-order valence-electron chi connectivity index (χ2n) is 8.10. The van der Waals surface area contributed by atoms with Crippen LogP contribution in [0, 0.1) is 5.92 Å². The van der Waals surface area contributed by atoms with E-state index in [1.54, 1.807) is 11.8 Å². The molecule has 0 saturated carbocycles. The summed E-state index contributed by atoms with van der Waals surface area (Å²) in [6.07, 6.45) is 2.00. The van der Waals surface area contributed by atoms with Crippen LogP contribution in [-0.2, 0) is 19.7 Å². The van der Waals surface area contributed by atoms with Crippen LogP contribution >= 0.6 is 0 Å². The molecule has 0 radical (unpaired) electrons. The summed E-state index contributed by atoms with van der Waals surface area (Å²) in [5.41, 5.74) is 1.86. The van der Waals surface area contributed by atoms with Gasteiger partial charge in [0.05, 0.1) is 19.1 Å². The van der Waals surface area contributed by atoms with Crippen molar-refractivity contribution in [3.8, 4) is 0 Å². The molecule has 1 aromatic rings. The highest BCUT2D eigenvalue weighted by molar-refractivity contribution is 5.94. The van der Waals surface area contributed by atoms with E-state index in [1.165, 1.54) is 12.7 Å². The molecular formula is C21H31NO4. The van der Waals surface area contributed by atoms with Crippen LogP contribution in [0.4, 0.5) is 0 Å². The lowest BCUT2D eigenvalue weighted by molar-refractivity contribution is -0.145. The number of hydrogen-bond donors (Lipinski definition) is 0. The maximum atomic E-state index is 13.1. The summed E-state index contributed by atoms with van der Waals surface area (Å²) >= 11 is 0. The van der Waals surface area contributed by atoms with E-state index in [0.717, 1.165) is 19.4 Å². The van der Waals surface area contributed by atoms with Crippen molar-refractivity contribution in [2.45, 2.75) is 52.1 Å². The van der Waals surface area contributed by atoms with Gasteiger partial charge in [0.1, 0.15) is 0 Å². The molecule has 0 spiro atoms. The largest absolute Gasteiger partial charge is 0.469 e. The number of esters is 1. The molecule has 1 fully saturated rings. The fourth-order valence-corrected chi connectivity index (χ4v) is 3.18. The molecular weight excluding hydrogens is 330 g/mol. The zero-order valence-corrected chi connectivity index (χ0v) is 16.6. The van der Waals surface area contributed by atoms with Gasteiger partial charge in [0, 0.05) is 25.3 Å². The number of rotatable bonds is 6.